The predicted molar refractivity (Wildman–Crippen MR) is 151 cm³/mol. The molecule has 0 aliphatic heterocycles. The second-order valence-corrected chi connectivity index (χ2v) is 11.6. The van der Waals surface area contributed by atoms with Crippen LogP contribution < -0.4 is 5.32 Å². The van der Waals surface area contributed by atoms with Crippen molar-refractivity contribution in [1.82, 2.24) is 0 Å². The summed E-state index contributed by atoms with van der Waals surface area (Å²) in [6, 6.07) is 23.8. The Bertz CT molecular complexity index is 1420. The van der Waals surface area contributed by atoms with Crippen molar-refractivity contribution in [3.63, 3.8) is 0 Å². The van der Waals surface area contributed by atoms with Crippen molar-refractivity contribution < 1.29 is 14.4 Å². The van der Waals surface area contributed by atoms with E-state index in [0.717, 1.165) is 28.7 Å². The summed E-state index contributed by atoms with van der Waals surface area (Å²) in [6.07, 6.45) is 1.98. The lowest BCUT2D eigenvalue weighted by Crippen LogP contribution is -2.43. The van der Waals surface area contributed by atoms with E-state index < -0.39 is 11.4 Å². The van der Waals surface area contributed by atoms with Gasteiger partial charge in [0.25, 0.3) is 0 Å². The number of azo groups is 1. The van der Waals surface area contributed by atoms with Crippen molar-refractivity contribution in [1.29, 1.82) is 0 Å². The Labute approximate surface area is 230 Å². The smallest absolute Gasteiger partial charge is 0.326 e. The number of benzene rings is 3. The third kappa shape index (κ3) is 4.47. The minimum Gasteiger partial charge on any atom is -0.326 e. The third-order valence-electron chi connectivity index (χ3n) is 8.65. The normalized spacial score (nSPS) is 24.6. The first-order valence-corrected chi connectivity index (χ1v) is 13.4. The fourth-order valence-electron chi connectivity index (χ4n) is 5.73. The fraction of sp³-hybridized carbons (Fsp3) is 0.300. The number of oxime groups is 1. The van der Waals surface area contributed by atoms with Gasteiger partial charge in [0.05, 0.1) is 28.1 Å². The molecule has 1 amide bonds. The summed E-state index contributed by atoms with van der Waals surface area (Å²) in [5.41, 5.74) is 1.95. The average molecular weight is 573 g/mol. The van der Waals surface area contributed by atoms with Crippen LogP contribution in [-0.2, 0) is 9.63 Å². The van der Waals surface area contributed by atoms with E-state index >= 15 is 0 Å². The van der Waals surface area contributed by atoms with Gasteiger partial charge in [0, 0.05) is 22.0 Å². The molecule has 2 bridgehead atoms. The summed E-state index contributed by atoms with van der Waals surface area (Å²) >= 11 is 3.36. The van der Waals surface area contributed by atoms with Crippen LogP contribution in [-0.4, -0.2) is 17.6 Å². The molecule has 5 rings (SSSR count). The van der Waals surface area contributed by atoms with Gasteiger partial charge in [0.15, 0.2) is 0 Å². The maximum atomic E-state index is 13.8. The molecular formula is C30H29BrN4O3. The first-order chi connectivity index (χ1) is 18.1. The number of anilines is 1. The van der Waals surface area contributed by atoms with E-state index in [1.807, 2.05) is 54.6 Å². The Morgan fingerprint density at radius 2 is 1.47 bits per heavy atom. The van der Waals surface area contributed by atoms with E-state index in [1.165, 1.54) is 0 Å². The molecule has 2 unspecified atom stereocenters. The largest absolute Gasteiger partial charge is 0.365 e. The molecule has 1 N–H and O–H groups in total. The van der Waals surface area contributed by atoms with E-state index in [-0.39, 0.29) is 16.7 Å². The number of carbonyl (C=O) groups is 2. The zero-order valence-electron chi connectivity index (χ0n) is 21.6. The van der Waals surface area contributed by atoms with Crippen molar-refractivity contribution in [3.05, 3.63) is 88.9 Å². The molecule has 0 saturated heterocycles. The number of halogens is 1. The Morgan fingerprint density at radius 1 is 0.842 bits per heavy atom. The highest BCUT2D eigenvalue weighted by Gasteiger charge is 2.71. The van der Waals surface area contributed by atoms with Gasteiger partial charge in [-0.25, -0.2) is 4.79 Å². The number of hydrogen-bond acceptors (Lipinski definition) is 6. The lowest BCUT2D eigenvalue weighted by Gasteiger charge is -2.39. The van der Waals surface area contributed by atoms with Crippen molar-refractivity contribution in [2.24, 2.45) is 31.6 Å². The zero-order valence-corrected chi connectivity index (χ0v) is 23.2. The maximum Gasteiger partial charge on any atom is 0.365 e. The van der Waals surface area contributed by atoms with Gasteiger partial charge in [-0.3, -0.25) is 4.79 Å². The van der Waals surface area contributed by atoms with Crippen LogP contribution >= 0.6 is 15.9 Å². The second-order valence-electron chi connectivity index (χ2n) is 10.7. The Morgan fingerprint density at radius 3 is 2.13 bits per heavy atom. The molecule has 2 fully saturated rings. The Kier molecular flexibility index (Phi) is 6.77. The first-order valence-electron chi connectivity index (χ1n) is 12.6. The Hall–Kier alpha value is -3.65. The summed E-state index contributed by atoms with van der Waals surface area (Å²) in [4.78, 5) is 31.7. The number of carbonyl (C=O) groups excluding carboxylic acids is 2. The van der Waals surface area contributed by atoms with Gasteiger partial charge < -0.3 is 10.2 Å². The molecule has 0 spiro atoms. The molecule has 0 heterocycles. The lowest BCUT2D eigenvalue weighted by atomic mass is 9.64. The number of nitrogens with zero attached hydrogens (tertiary/aromatic N) is 3. The molecule has 2 atom stereocenters. The average Bonchev–Trinajstić information content (AvgIpc) is 3.23. The van der Waals surface area contributed by atoms with Gasteiger partial charge in [-0.15, -0.1) is 0 Å². The van der Waals surface area contributed by atoms with Crippen LogP contribution in [0.15, 0.2) is 98.7 Å². The van der Waals surface area contributed by atoms with E-state index in [4.69, 9.17) is 4.84 Å². The molecule has 3 aromatic carbocycles. The first kappa shape index (κ1) is 26.0. The lowest BCUT2D eigenvalue weighted by molar-refractivity contribution is -0.130. The topological polar surface area (TPSA) is 92.5 Å². The van der Waals surface area contributed by atoms with Gasteiger partial charge in [0.1, 0.15) is 0 Å². The SMILES string of the molecule is CC12CCC(C(=O)Nc3ccc(N=Nc4ccccc4)cc3)(CC1=NOC(=O)c1ccc(Br)cc1)C2(C)C. The van der Waals surface area contributed by atoms with Crippen LogP contribution in [0.3, 0.4) is 0 Å². The molecule has 194 valence electrons. The molecule has 0 radical (unpaired) electrons. The minimum atomic E-state index is -0.656. The van der Waals surface area contributed by atoms with Crippen molar-refractivity contribution >= 4 is 50.6 Å². The van der Waals surface area contributed by atoms with E-state index in [2.05, 4.69) is 57.4 Å². The van der Waals surface area contributed by atoms with Crippen LogP contribution in [0.5, 0.6) is 0 Å². The quantitative estimate of drug-likeness (QED) is 0.183. The molecule has 2 saturated carbocycles. The van der Waals surface area contributed by atoms with Crippen LogP contribution in [0.25, 0.3) is 0 Å². The molecule has 0 aromatic heterocycles. The molecule has 38 heavy (non-hydrogen) atoms. The van der Waals surface area contributed by atoms with Crippen LogP contribution in [0.2, 0.25) is 0 Å². The minimum absolute atomic E-state index is 0.0469. The molecule has 7 nitrogen and oxygen atoms in total. The van der Waals surface area contributed by atoms with Crippen LogP contribution in [0.1, 0.15) is 50.4 Å². The van der Waals surface area contributed by atoms with Gasteiger partial charge in [0.2, 0.25) is 5.91 Å². The highest BCUT2D eigenvalue weighted by atomic mass is 79.9. The predicted octanol–water partition coefficient (Wildman–Crippen LogP) is 8.23. The summed E-state index contributed by atoms with van der Waals surface area (Å²) in [5.74, 6) is -0.563. The zero-order chi connectivity index (χ0) is 27.0. The fourth-order valence-corrected chi connectivity index (χ4v) is 5.99. The number of rotatable bonds is 6. The van der Waals surface area contributed by atoms with Crippen LogP contribution in [0, 0.1) is 16.2 Å². The van der Waals surface area contributed by atoms with Crippen molar-refractivity contribution in [3.8, 4) is 0 Å². The summed E-state index contributed by atoms with van der Waals surface area (Å²) < 4.78 is 0.877. The summed E-state index contributed by atoms with van der Waals surface area (Å²) in [6.45, 7) is 6.35. The molecule has 2 aliphatic carbocycles. The molecule has 2 aliphatic rings. The van der Waals surface area contributed by atoms with Gasteiger partial charge in [-0.05, 0) is 78.9 Å². The van der Waals surface area contributed by atoms with Crippen molar-refractivity contribution in [2.75, 3.05) is 5.32 Å². The summed E-state index contributed by atoms with van der Waals surface area (Å²) in [5, 5.41) is 15.9. The summed E-state index contributed by atoms with van der Waals surface area (Å²) in [7, 11) is 0. The highest BCUT2D eigenvalue weighted by molar-refractivity contribution is 9.10. The van der Waals surface area contributed by atoms with E-state index in [1.54, 1.807) is 24.3 Å². The number of amides is 1. The monoisotopic (exact) mass is 572 g/mol. The van der Waals surface area contributed by atoms with Gasteiger partial charge in [-0.1, -0.05) is 60.1 Å². The van der Waals surface area contributed by atoms with Crippen molar-refractivity contribution in [2.45, 2.75) is 40.0 Å². The van der Waals surface area contributed by atoms with Crippen LogP contribution in [0.4, 0.5) is 17.1 Å². The number of hydrogen-bond donors (Lipinski definition) is 1. The second kappa shape index (κ2) is 9.91. The molecule has 3 aromatic rings. The van der Waals surface area contributed by atoms with E-state index in [0.29, 0.717) is 23.4 Å². The maximum absolute atomic E-state index is 13.8. The van der Waals surface area contributed by atoms with E-state index in [9.17, 15) is 9.59 Å². The van der Waals surface area contributed by atoms with Gasteiger partial charge in [-0.2, -0.15) is 10.2 Å². The standard InChI is InChI=1S/C30H29BrN4O3/c1-28(2)29(3)17-18-30(28,19-25(29)35-38-26(36)20-9-11-21(31)12-10-20)27(37)32-22-13-15-24(16-14-22)34-33-23-7-5-4-6-8-23/h4-16H,17-19H2,1-3H3,(H,32,37). The third-order valence-corrected chi connectivity index (χ3v) is 9.18. The Balaban J connectivity index is 1.30. The van der Waals surface area contributed by atoms with Gasteiger partial charge >= 0.3 is 5.97 Å². The number of nitrogens with one attached hydrogen (secondary N) is 1. The highest BCUT2D eigenvalue weighted by Crippen LogP contribution is 2.71. The molecule has 8 heteroatoms. The molecular weight excluding hydrogens is 544 g/mol. The number of fused-ring (bicyclic) bond motifs is 2.